The highest BCUT2D eigenvalue weighted by molar-refractivity contribution is 5.84. The lowest BCUT2D eigenvalue weighted by Gasteiger charge is -2.26. The molecule has 174 valence electrons. The average molecular weight is 459 g/mol. The van der Waals surface area contributed by atoms with Crippen LogP contribution in [0.3, 0.4) is 0 Å². The zero-order valence-electron chi connectivity index (χ0n) is 18.6. The smallest absolute Gasteiger partial charge is 0.405 e. The predicted octanol–water partition coefficient (Wildman–Crippen LogP) is 4.67. The van der Waals surface area contributed by atoms with Gasteiger partial charge in [0.05, 0.1) is 13.0 Å². The van der Waals surface area contributed by atoms with E-state index in [1.165, 1.54) is 0 Å². The Morgan fingerprint density at radius 2 is 1.44 bits per heavy atom. The average Bonchev–Trinajstić information content (AvgIpc) is 3.15. The number of carbonyl (C=O) groups is 3. The van der Waals surface area contributed by atoms with Crippen molar-refractivity contribution in [2.45, 2.75) is 31.4 Å². The van der Waals surface area contributed by atoms with Gasteiger partial charge in [0.1, 0.15) is 0 Å². The molecule has 2 atom stereocenters. The van der Waals surface area contributed by atoms with Crippen molar-refractivity contribution >= 4 is 18.0 Å². The fourth-order valence-electron chi connectivity index (χ4n) is 4.43. The van der Waals surface area contributed by atoms with E-state index in [0.717, 1.165) is 22.3 Å². The van der Waals surface area contributed by atoms with E-state index in [4.69, 9.17) is 9.47 Å². The molecular formula is C27H25NO6. The number of hydrogen-bond acceptors (Lipinski definition) is 5. The van der Waals surface area contributed by atoms with Gasteiger partial charge in [-0.3, -0.25) is 4.79 Å². The number of fused-ring (bicyclic) bond motifs is 3. The zero-order chi connectivity index (χ0) is 24.1. The molecule has 34 heavy (non-hydrogen) atoms. The molecule has 0 radical (unpaired) electrons. The molecule has 0 bridgehead atoms. The van der Waals surface area contributed by atoms with E-state index in [1.54, 1.807) is 37.3 Å². The molecule has 1 amide bonds. The lowest BCUT2D eigenvalue weighted by Crippen LogP contribution is -2.46. The molecule has 0 aromatic heterocycles. The van der Waals surface area contributed by atoms with Crippen LogP contribution in [0, 0.1) is 0 Å². The number of esters is 2. The summed E-state index contributed by atoms with van der Waals surface area (Å²) in [5.74, 6) is -1.57. The highest BCUT2D eigenvalue weighted by atomic mass is 16.6. The summed E-state index contributed by atoms with van der Waals surface area (Å²) in [6, 6.07) is 23.0. The normalized spacial score (nSPS) is 13.8. The van der Waals surface area contributed by atoms with Crippen LogP contribution in [0.25, 0.3) is 11.1 Å². The number of nitrogens with one attached hydrogen (secondary N) is 1. The van der Waals surface area contributed by atoms with Gasteiger partial charge in [-0.15, -0.1) is 0 Å². The Labute approximate surface area is 197 Å². The monoisotopic (exact) mass is 459 g/mol. The number of ether oxygens (including phenoxy) is 2. The number of benzene rings is 3. The molecular weight excluding hydrogens is 434 g/mol. The van der Waals surface area contributed by atoms with Gasteiger partial charge in [0.2, 0.25) is 0 Å². The molecule has 0 spiro atoms. The Hall–Kier alpha value is -4.13. The van der Waals surface area contributed by atoms with E-state index >= 15 is 0 Å². The van der Waals surface area contributed by atoms with Gasteiger partial charge in [-0.1, -0.05) is 78.9 Å². The van der Waals surface area contributed by atoms with Crippen molar-refractivity contribution in [3.8, 4) is 11.1 Å². The molecule has 1 aliphatic rings. The van der Waals surface area contributed by atoms with Gasteiger partial charge in [-0.05, 0) is 34.7 Å². The SMILES string of the molecule is CCOC(=O)C(NC(=O)O)C(OC(=O)CC1c2ccccc2-c2ccccc21)c1ccccc1. The van der Waals surface area contributed by atoms with Crippen LogP contribution in [0.2, 0.25) is 0 Å². The standard InChI is InChI=1S/C27H25NO6/c1-2-33-26(30)24(28-27(31)32)25(17-10-4-3-5-11-17)34-23(29)16-22-20-14-8-6-12-18(20)19-13-7-9-15-21(19)22/h3-15,22,24-25,28H,2,16H2,1H3,(H,31,32). The minimum atomic E-state index is -1.42. The Bertz CT molecular complexity index is 1150. The summed E-state index contributed by atoms with van der Waals surface area (Å²) in [4.78, 5) is 37.3. The van der Waals surface area contributed by atoms with Gasteiger partial charge in [0, 0.05) is 5.92 Å². The number of carbonyl (C=O) groups excluding carboxylic acids is 2. The largest absolute Gasteiger partial charge is 0.465 e. The van der Waals surface area contributed by atoms with E-state index < -0.39 is 30.2 Å². The second-order valence-corrected chi connectivity index (χ2v) is 7.93. The third-order valence-corrected chi connectivity index (χ3v) is 5.84. The predicted molar refractivity (Wildman–Crippen MR) is 125 cm³/mol. The summed E-state index contributed by atoms with van der Waals surface area (Å²) >= 11 is 0. The van der Waals surface area contributed by atoms with E-state index in [9.17, 15) is 19.5 Å². The van der Waals surface area contributed by atoms with E-state index in [0.29, 0.717) is 5.56 Å². The molecule has 1 aliphatic carbocycles. The van der Waals surface area contributed by atoms with Crippen LogP contribution in [0.5, 0.6) is 0 Å². The summed E-state index contributed by atoms with van der Waals surface area (Å²) in [6.07, 6.45) is -2.57. The first-order valence-corrected chi connectivity index (χ1v) is 11.1. The van der Waals surface area contributed by atoms with Crippen molar-refractivity contribution in [3.63, 3.8) is 0 Å². The Morgan fingerprint density at radius 3 is 2.00 bits per heavy atom. The molecule has 2 unspecified atom stereocenters. The molecule has 0 fully saturated rings. The Balaban J connectivity index is 1.63. The van der Waals surface area contributed by atoms with Gasteiger partial charge >= 0.3 is 18.0 Å². The first-order chi connectivity index (χ1) is 16.5. The Kier molecular flexibility index (Phi) is 6.92. The maximum atomic E-state index is 13.2. The van der Waals surface area contributed by atoms with Crippen molar-refractivity contribution < 1.29 is 29.0 Å². The second kappa shape index (κ2) is 10.2. The molecule has 3 aromatic carbocycles. The van der Waals surface area contributed by atoms with E-state index in [-0.39, 0.29) is 18.9 Å². The summed E-state index contributed by atoms with van der Waals surface area (Å²) in [5.41, 5.74) is 4.69. The van der Waals surface area contributed by atoms with Gasteiger partial charge in [0.25, 0.3) is 0 Å². The van der Waals surface area contributed by atoms with Crippen molar-refractivity contribution in [1.82, 2.24) is 5.32 Å². The minimum absolute atomic E-state index is 0.0416. The summed E-state index contributed by atoms with van der Waals surface area (Å²) < 4.78 is 10.9. The maximum absolute atomic E-state index is 13.2. The first-order valence-electron chi connectivity index (χ1n) is 11.1. The highest BCUT2D eigenvalue weighted by Gasteiger charge is 2.37. The number of rotatable bonds is 8. The summed E-state index contributed by atoms with van der Waals surface area (Å²) in [7, 11) is 0. The number of carboxylic acid groups (broad SMARTS) is 1. The van der Waals surface area contributed by atoms with Crippen LogP contribution >= 0.6 is 0 Å². The van der Waals surface area contributed by atoms with Gasteiger partial charge < -0.3 is 19.9 Å². The van der Waals surface area contributed by atoms with Crippen LogP contribution in [0.15, 0.2) is 78.9 Å². The van der Waals surface area contributed by atoms with Crippen LogP contribution < -0.4 is 5.32 Å². The fraction of sp³-hybridized carbons (Fsp3) is 0.222. The third kappa shape index (κ3) is 4.78. The van der Waals surface area contributed by atoms with E-state index in [1.807, 2.05) is 48.5 Å². The van der Waals surface area contributed by atoms with Crippen LogP contribution in [0.1, 0.15) is 42.1 Å². The molecule has 0 aliphatic heterocycles. The van der Waals surface area contributed by atoms with Crippen LogP contribution in [-0.4, -0.2) is 35.8 Å². The van der Waals surface area contributed by atoms with Gasteiger partial charge in [-0.2, -0.15) is 0 Å². The maximum Gasteiger partial charge on any atom is 0.405 e. The molecule has 7 heteroatoms. The molecule has 0 heterocycles. The summed E-state index contributed by atoms with van der Waals surface area (Å²) in [6.45, 7) is 1.68. The summed E-state index contributed by atoms with van der Waals surface area (Å²) in [5, 5.41) is 11.5. The molecule has 7 nitrogen and oxygen atoms in total. The first kappa shape index (κ1) is 23.0. The minimum Gasteiger partial charge on any atom is -0.465 e. The fourth-order valence-corrected chi connectivity index (χ4v) is 4.43. The van der Waals surface area contributed by atoms with Crippen molar-refractivity contribution in [3.05, 3.63) is 95.6 Å². The van der Waals surface area contributed by atoms with Crippen molar-refractivity contribution in [2.24, 2.45) is 0 Å². The van der Waals surface area contributed by atoms with Crippen LogP contribution in [0.4, 0.5) is 4.79 Å². The molecule has 0 saturated heterocycles. The third-order valence-electron chi connectivity index (χ3n) is 5.84. The Morgan fingerprint density at radius 1 is 0.882 bits per heavy atom. The zero-order valence-corrected chi connectivity index (χ0v) is 18.6. The number of hydrogen-bond donors (Lipinski definition) is 2. The quantitative estimate of drug-likeness (QED) is 0.475. The van der Waals surface area contributed by atoms with E-state index in [2.05, 4.69) is 5.32 Å². The van der Waals surface area contributed by atoms with Gasteiger partial charge in [-0.25, -0.2) is 9.59 Å². The lowest BCUT2D eigenvalue weighted by molar-refractivity contribution is -0.158. The molecule has 4 rings (SSSR count). The van der Waals surface area contributed by atoms with Crippen molar-refractivity contribution in [1.29, 1.82) is 0 Å². The molecule has 2 N–H and O–H groups in total. The van der Waals surface area contributed by atoms with Crippen LogP contribution in [-0.2, 0) is 19.1 Å². The highest BCUT2D eigenvalue weighted by Crippen LogP contribution is 2.46. The van der Waals surface area contributed by atoms with Crippen molar-refractivity contribution in [2.75, 3.05) is 6.61 Å². The molecule has 3 aromatic rings. The number of amides is 1. The van der Waals surface area contributed by atoms with Gasteiger partial charge in [0.15, 0.2) is 12.1 Å². The topological polar surface area (TPSA) is 102 Å². The lowest BCUT2D eigenvalue weighted by atomic mass is 9.93. The molecule has 0 saturated carbocycles. The second-order valence-electron chi connectivity index (χ2n) is 7.93.